The van der Waals surface area contributed by atoms with Gasteiger partial charge in [-0.1, -0.05) is 11.6 Å². The Labute approximate surface area is 130 Å². The number of amides is 1. The van der Waals surface area contributed by atoms with Crippen LogP contribution in [0, 0.1) is 0 Å². The number of aliphatic hydroxyl groups is 1. The topological polar surface area (TPSA) is 75.9 Å². The first-order chi connectivity index (χ1) is 10.1. The van der Waals surface area contributed by atoms with Gasteiger partial charge in [0, 0.05) is 37.2 Å². The lowest BCUT2D eigenvalue weighted by Crippen LogP contribution is -2.42. The van der Waals surface area contributed by atoms with E-state index in [1.54, 1.807) is 6.08 Å². The Kier molecular flexibility index (Phi) is 3.99. The van der Waals surface area contributed by atoms with Crippen LogP contribution >= 0.6 is 22.9 Å². The lowest BCUT2D eigenvalue weighted by atomic mass is 10.0. The van der Waals surface area contributed by atoms with Gasteiger partial charge in [0.2, 0.25) is 5.91 Å². The van der Waals surface area contributed by atoms with Crippen molar-refractivity contribution < 1.29 is 14.6 Å². The van der Waals surface area contributed by atoms with E-state index < -0.39 is 5.60 Å². The monoisotopic (exact) mass is 327 g/mol. The quantitative estimate of drug-likeness (QED) is 0.831. The molecule has 21 heavy (non-hydrogen) atoms. The number of hydrogen-bond donors (Lipinski definition) is 2. The van der Waals surface area contributed by atoms with Crippen LogP contribution in [-0.4, -0.2) is 45.8 Å². The smallest absolute Gasteiger partial charge is 0.244 e. The SMILES string of the molecule is O=C(/C=C/c1c(Cl)nc2sccn12)NCC1(O)CCOC1. The third-order valence-corrected chi connectivity index (χ3v) is 4.36. The summed E-state index contributed by atoms with van der Waals surface area (Å²) in [6.07, 6.45) is 5.36. The maximum absolute atomic E-state index is 11.8. The molecule has 6 nitrogen and oxygen atoms in total. The second-order valence-corrected chi connectivity index (χ2v) is 6.15. The number of fused-ring (bicyclic) bond motifs is 1. The van der Waals surface area contributed by atoms with Crippen molar-refractivity contribution in [3.8, 4) is 0 Å². The number of ether oxygens (including phenoxy) is 1. The number of aromatic nitrogens is 2. The Hall–Kier alpha value is -1.41. The lowest BCUT2D eigenvalue weighted by Gasteiger charge is -2.19. The van der Waals surface area contributed by atoms with E-state index >= 15 is 0 Å². The zero-order valence-corrected chi connectivity index (χ0v) is 12.7. The molecule has 2 aromatic heterocycles. The summed E-state index contributed by atoms with van der Waals surface area (Å²) in [6.45, 7) is 0.939. The third-order valence-electron chi connectivity index (χ3n) is 3.32. The predicted molar refractivity (Wildman–Crippen MR) is 80.5 cm³/mol. The Morgan fingerprint density at radius 2 is 2.57 bits per heavy atom. The number of rotatable bonds is 4. The molecule has 0 aromatic carbocycles. The Morgan fingerprint density at radius 3 is 3.33 bits per heavy atom. The van der Waals surface area contributed by atoms with Crippen molar-refractivity contribution in [3.05, 3.63) is 28.5 Å². The van der Waals surface area contributed by atoms with Gasteiger partial charge < -0.3 is 15.2 Å². The summed E-state index contributed by atoms with van der Waals surface area (Å²) in [5, 5.41) is 15.0. The van der Waals surface area contributed by atoms with Crippen LogP contribution in [0.15, 0.2) is 17.7 Å². The van der Waals surface area contributed by atoms with Gasteiger partial charge in [-0.3, -0.25) is 9.20 Å². The summed E-state index contributed by atoms with van der Waals surface area (Å²) >= 11 is 7.50. The maximum Gasteiger partial charge on any atom is 0.244 e. The van der Waals surface area contributed by atoms with E-state index in [0.29, 0.717) is 23.9 Å². The standard InChI is InChI=1S/C13H14ClN3O3S/c14-11-9(17-4-6-21-12(17)16-11)1-2-10(18)15-7-13(19)3-5-20-8-13/h1-2,4,6,19H,3,5,7-8H2,(H,15,18)/b2-1+. The second kappa shape index (κ2) is 5.76. The summed E-state index contributed by atoms with van der Waals surface area (Å²) in [6, 6.07) is 0. The highest BCUT2D eigenvalue weighted by molar-refractivity contribution is 7.15. The zero-order chi connectivity index (χ0) is 14.9. The minimum absolute atomic E-state index is 0.171. The number of halogens is 1. The van der Waals surface area contributed by atoms with Crippen molar-refractivity contribution in [1.29, 1.82) is 0 Å². The molecule has 1 aliphatic heterocycles. The van der Waals surface area contributed by atoms with Crippen molar-refractivity contribution in [2.24, 2.45) is 0 Å². The van der Waals surface area contributed by atoms with Gasteiger partial charge in [-0.25, -0.2) is 4.98 Å². The molecule has 1 aliphatic rings. The molecule has 0 saturated carbocycles. The van der Waals surface area contributed by atoms with Crippen LogP contribution in [-0.2, 0) is 9.53 Å². The molecule has 0 spiro atoms. The minimum atomic E-state index is -0.960. The minimum Gasteiger partial charge on any atom is -0.386 e. The van der Waals surface area contributed by atoms with Crippen molar-refractivity contribution in [1.82, 2.24) is 14.7 Å². The molecule has 1 atom stereocenters. The van der Waals surface area contributed by atoms with Gasteiger partial charge in [0.05, 0.1) is 12.3 Å². The Bertz CT molecular complexity index is 688. The summed E-state index contributed by atoms with van der Waals surface area (Å²) in [5.41, 5.74) is -0.302. The highest BCUT2D eigenvalue weighted by atomic mass is 35.5. The van der Waals surface area contributed by atoms with Crippen LogP contribution in [0.5, 0.6) is 0 Å². The van der Waals surface area contributed by atoms with Crippen molar-refractivity contribution >= 4 is 39.9 Å². The summed E-state index contributed by atoms with van der Waals surface area (Å²) in [5.74, 6) is -0.295. The molecule has 0 bridgehead atoms. The number of hydrogen-bond acceptors (Lipinski definition) is 5. The summed E-state index contributed by atoms with van der Waals surface area (Å²) < 4.78 is 6.93. The molecule has 0 radical (unpaired) electrons. The van der Waals surface area contributed by atoms with Crippen LogP contribution in [0.3, 0.4) is 0 Å². The van der Waals surface area contributed by atoms with Crippen LogP contribution in [0.25, 0.3) is 11.0 Å². The normalized spacial score (nSPS) is 22.4. The van der Waals surface area contributed by atoms with Crippen LogP contribution < -0.4 is 5.32 Å². The summed E-state index contributed by atoms with van der Waals surface area (Å²) in [7, 11) is 0. The average Bonchev–Trinajstić information content (AvgIpc) is 3.12. The van der Waals surface area contributed by atoms with Gasteiger partial charge in [-0.05, 0) is 6.08 Å². The Morgan fingerprint density at radius 1 is 1.71 bits per heavy atom. The van der Waals surface area contributed by atoms with Crippen molar-refractivity contribution in [3.63, 3.8) is 0 Å². The third kappa shape index (κ3) is 3.11. The number of carbonyl (C=O) groups excluding carboxylic acids is 1. The van der Waals surface area contributed by atoms with E-state index in [9.17, 15) is 9.90 Å². The average molecular weight is 328 g/mol. The number of imidazole rings is 1. The van der Waals surface area contributed by atoms with Crippen LogP contribution in [0.1, 0.15) is 12.1 Å². The molecule has 8 heteroatoms. The maximum atomic E-state index is 11.8. The first kappa shape index (κ1) is 14.5. The predicted octanol–water partition coefficient (Wildman–Crippen LogP) is 1.33. The molecule has 3 rings (SSSR count). The highest BCUT2D eigenvalue weighted by Crippen LogP contribution is 2.22. The first-order valence-electron chi connectivity index (χ1n) is 6.44. The molecule has 2 aromatic rings. The Balaban J connectivity index is 1.64. The van der Waals surface area contributed by atoms with E-state index in [2.05, 4.69) is 10.3 Å². The van der Waals surface area contributed by atoms with Crippen LogP contribution in [0.2, 0.25) is 5.15 Å². The molecular weight excluding hydrogens is 314 g/mol. The lowest BCUT2D eigenvalue weighted by molar-refractivity contribution is -0.117. The number of nitrogens with one attached hydrogen (secondary N) is 1. The fourth-order valence-corrected chi connectivity index (χ4v) is 3.13. The molecular formula is C13H14ClN3O3S. The molecule has 2 N–H and O–H groups in total. The molecule has 3 heterocycles. The van der Waals surface area contributed by atoms with Crippen molar-refractivity contribution in [2.75, 3.05) is 19.8 Å². The van der Waals surface area contributed by atoms with E-state index in [0.717, 1.165) is 4.96 Å². The molecule has 112 valence electrons. The van der Waals surface area contributed by atoms with Gasteiger partial charge in [-0.15, -0.1) is 11.3 Å². The fraction of sp³-hybridized carbons (Fsp3) is 0.385. The van der Waals surface area contributed by atoms with Gasteiger partial charge in [0.15, 0.2) is 10.1 Å². The van der Waals surface area contributed by atoms with Gasteiger partial charge in [0.1, 0.15) is 5.60 Å². The molecule has 1 fully saturated rings. The largest absolute Gasteiger partial charge is 0.386 e. The van der Waals surface area contributed by atoms with E-state index in [-0.39, 0.29) is 19.1 Å². The highest BCUT2D eigenvalue weighted by Gasteiger charge is 2.32. The zero-order valence-electron chi connectivity index (χ0n) is 11.1. The van der Waals surface area contributed by atoms with Gasteiger partial charge >= 0.3 is 0 Å². The number of thiazole rings is 1. The summed E-state index contributed by atoms with van der Waals surface area (Å²) in [4.78, 5) is 16.8. The second-order valence-electron chi connectivity index (χ2n) is 4.92. The molecule has 1 unspecified atom stereocenters. The van der Waals surface area contributed by atoms with Gasteiger partial charge in [0.25, 0.3) is 0 Å². The fourth-order valence-electron chi connectivity index (χ4n) is 2.13. The molecule has 1 saturated heterocycles. The van der Waals surface area contributed by atoms with E-state index in [4.69, 9.17) is 16.3 Å². The van der Waals surface area contributed by atoms with E-state index in [1.165, 1.54) is 17.4 Å². The molecule has 0 aliphatic carbocycles. The van der Waals surface area contributed by atoms with E-state index in [1.807, 2.05) is 16.0 Å². The number of nitrogens with zero attached hydrogens (tertiary/aromatic N) is 2. The van der Waals surface area contributed by atoms with Gasteiger partial charge in [-0.2, -0.15) is 0 Å². The first-order valence-corrected chi connectivity index (χ1v) is 7.70. The number of carbonyl (C=O) groups is 1. The van der Waals surface area contributed by atoms with Crippen molar-refractivity contribution in [2.45, 2.75) is 12.0 Å². The molecule has 1 amide bonds. The van der Waals surface area contributed by atoms with Crippen LogP contribution in [0.4, 0.5) is 0 Å².